The summed E-state index contributed by atoms with van der Waals surface area (Å²) in [6, 6.07) is 11.8. The first kappa shape index (κ1) is 17.1. The fraction of sp³-hybridized carbons (Fsp3) is 0.350. The van der Waals surface area contributed by atoms with Crippen molar-refractivity contribution in [2.24, 2.45) is 0 Å². The van der Waals surface area contributed by atoms with Crippen LogP contribution in [-0.4, -0.2) is 24.3 Å². The van der Waals surface area contributed by atoms with Gasteiger partial charge in [0.2, 0.25) is 6.79 Å². The summed E-state index contributed by atoms with van der Waals surface area (Å²) in [4.78, 5) is 14.5. The van der Waals surface area contributed by atoms with Gasteiger partial charge in [-0.3, -0.25) is 0 Å². The molecular formula is C20H24N2O3. The highest BCUT2D eigenvalue weighted by Crippen LogP contribution is 2.33. The van der Waals surface area contributed by atoms with E-state index in [1.165, 1.54) is 0 Å². The van der Waals surface area contributed by atoms with E-state index in [1.807, 2.05) is 44.2 Å². The molecule has 0 radical (unpaired) electrons. The predicted octanol–water partition coefficient (Wildman–Crippen LogP) is 4.34. The van der Waals surface area contributed by atoms with Crippen LogP contribution in [-0.2, 0) is 13.0 Å². The largest absolute Gasteiger partial charge is 0.454 e. The van der Waals surface area contributed by atoms with Crippen molar-refractivity contribution in [3.8, 4) is 11.5 Å². The Morgan fingerprint density at radius 1 is 1.16 bits per heavy atom. The van der Waals surface area contributed by atoms with Crippen molar-refractivity contribution in [3.63, 3.8) is 0 Å². The van der Waals surface area contributed by atoms with E-state index >= 15 is 0 Å². The lowest BCUT2D eigenvalue weighted by Crippen LogP contribution is -2.34. The van der Waals surface area contributed by atoms with Crippen molar-refractivity contribution in [3.05, 3.63) is 53.1 Å². The number of anilines is 1. The van der Waals surface area contributed by atoms with Gasteiger partial charge in [-0.2, -0.15) is 0 Å². The molecule has 1 heterocycles. The number of nitrogens with one attached hydrogen (secondary N) is 1. The van der Waals surface area contributed by atoms with Gasteiger partial charge in [0.25, 0.3) is 0 Å². The number of benzene rings is 2. The van der Waals surface area contributed by atoms with Crippen LogP contribution in [0.1, 0.15) is 30.5 Å². The third-order valence-electron chi connectivity index (χ3n) is 4.45. The van der Waals surface area contributed by atoms with Gasteiger partial charge in [0, 0.05) is 18.8 Å². The zero-order valence-electron chi connectivity index (χ0n) is 15.0. The Bertz CT molecular complexity index is 774. The molecule has 0 saturated carbocycles. The average Bonchev–Trinajstić information content (AvgIpc) is 3.09. The highest BCUT2D eigenvalue weighted by molar-refractivity contribution is 5.91. The number of ether oxygens (including phenoxy) is 2. The monoisotopic (exact) mass is 340 g/mol. The maximum absolute atomic E-state index is 12.8. The summed E-state index contributed by atoms with van der Waals surface area (Å²) in [5.41, 5.74) is 4.15. The van der Waals surface area contributed by atoms with Crippen molar-refractivity contribution in [1.82, 2.24) is 4.90 Å². The van der Waals surface area contributed by atoms with Crippen LogP contribution in [0.5, 0.6) is 11.5 Å². The molecule has 0 bridgehead atoms. The van der Waals surface area contributed by atoms with Crippen LogP contribution in [0, 0.1) is 6.92 Å². The Balaban J connectivity index is 1.74. The van der Waals surface area contributed by atoms with Crippen LogP contribution in [0.3, 0.4) is 0 Å². The van der Waals surface area contributed by atoms with E-state index < -0.39 is 0 Å². The van der Waals surface area contributed by atoms with Gasteiger partial charge in [-0.1, -0.05) is 31.2 Å². The summed E-state index contributed by atoms with van der Waals surface area (Å²) in [5, 5.41) is 3.08. The molecule has 2 aromatic rings. The number of nitrogens with zero attached hydrogens (tertiary/aromatic N) is 1. The Morgan fingerprint density at radius 3 is 2.72 bits per heavy atom. The molecule has 0 fully saturated rings. The van der Waals surface area contributed by atoms with Crippen molar-refractivity contribution < 1.29 is 14.3 Å². The highest BCUT2D eigenvalue weighted by Gasteiger charge is 2.18. The molecule has 0 saturated heterocycles. The Morgan fingerprint density at radius 2 is 1.96 bits per heavy atom. The van der Waals surface area contributed by atoms with Gasteiger partial charge in [0.15, 0.2) is 11.5 Å². The lowest BCUT2D eigenvalue weighted by Gasteiger charge is -2.23. The molecule has 5 nitrogen and oxygen atoms in total. The van der Waals surface area contributed by atoms with Crippen LogP contribution in [0.25, 0.3) is 0 Å². The minimum absolute atomic E-state index is 0.0934. The molecule has 1 N–H and O–H groups in total. The summed E-state index contributed by atoms with van der Waals surface area (Å²) in [6.07, 6.45) is 0.881. The third-order valence-corrected chi connectivity index (χ3v) is 4.45. The molecule has 0 aromatic heterocycles. The molecule has 0 aliphatic carbocycles. The van der Waals surface area contributed by atoms with E-state index in [1.54, 1.807) is 4.90 Å². The van der Waals surface area contributed by atoms with E-state index in [9.17, 15) is 4.79 Å². The number of carbonyl (C=O) groups is 1. The van der Waals surface area contributed by atoms with Gasteiger partial charge >= 0.3 is 6.03 Å². The normalized spacial score (nSPS) is 12.1. The second kappa shape index (κ2) is 7.47. The maximum Gasteiger partial charge on any atom is 0.322 e. The molecule has 1 aliphatic heterocycles. The molecule has 3 rings (SSSR count). The second-order valence-electron chi connectivity index (χ2n) is 6.09. The van der Waals surface area contributed by atoms with Gasteiger partial charge in [-0.15, -0.1) is 0 Å². The number of fused-ring (bicyclic) bond motifs is 1. The molecule has 1 aliphatic rings. The van der Waals surface area contributed by atoms with Gasteiger partial charge in [0.05, 0.1) is 0 Å². The quantitative estimate of drug-likeness (QED) is 0.881. The number of amides is 2. The highest BCUT2D eigenvalue weighted by atomic mass is 16.7. The fourth-order valence-electron chi connectivity index (χ4n) is 2.97. The fourth-order valence-corrected chi connectivity index (χ4v) is 2.97. The summed E-state index contributed by atoms with van der Waals surface area (Å²) in [7, 11) is 0. The molecular weight excluding hydrogens is 316 g/mol. The zero-order chi connectivity index (χ0) is 17.8. The summed E-state index contributed by atoms with van der Waals surface area (Å²) in [5.74, 6) is 1.49. The maximum atomic E-state index is 12.8. The van der Waals surface area contributed by atoms with E-state index in [4.69, 9.17) is 9.47 Å². The first-order valence-corrected chi connectivity index (χ1v) is 8.65. The number of urea groups is 1. The first-order chi connectivity index (χ1) is 12.1. The lowest BCUT2D eigenvalue weighted by molar-refractivity contribution is 0.174. The van der Waals surface area contributed by atoms with Gasteiger partial charge in [0.1, 0.15) is 0 Å². The number of carbonyl (C=O) groups excluding carboxylic acids is 1. The standard InChI is InChI=1S/C20H24N2O3/c1-4-16-8-6-7-14(3)19(16)21-20(23)22(5-2)12-15-9-10-17-18(11-15)25-13-24-17/h6-11H,4-5,12-13H2,1-3H3,(H,21,23). The Labute approximate surface area is 148 Å². The number of hydrogen-bond donors (Lipinski definition) is 1. The summed E-state index contributed by atoms with van der Waals surface area (Å²) < 4.78 is 10.7. The summed E-state index contributed by atoms with van der Waals surface area (Å²) >= 11 is 0. The van der Waals surface area contributed by atoms with Gasteiger partial charge < -0.3 is 19.7 Å². The van der Waals surface area contributed by atoms with Crippen LogP contribution in [0.2, 0.25) is 0 Å². The van der Waals surface area contributed by atoms with Crippen molar-refractivity contribution in [2.45, 2.75) is 33.7 Å². The molecule has 0 atom stereocenters. The Kier molecular flexibility index (Phi) is 5.12. The lowest BCUT2D eigenvalue weighted by atomic mass is 10.1. The SMILES string of the molecule is CCc1cccc(C)c1NC(=O)N(CC)Cc1ccc2c(c1)OCO2. The molecule has 5 heteroatoms. The zero-order valence-corrected chi connectivity index (χ0v) is 15.0. The van der Waals surface area contributed by atoms with Gasteiger partial charge in [-0.05, 0) is 49.1 Å². The minimum Gasteiger partial charge on any atom is -0.454 e. The molecule has 25 heavy (non-hydrogen) atoms. The number of hydrogen-bond acceptors (Lipinski definition) is 3. The van der Waals surface area contributed by atoms with Gasteiger partial charge in [-0.25, -0.2) is 4.79 Å². The van der Waals surface area contributed by atoms with Crippen LogP contribution in [0.4, 0.5) is 10.5 Å². The molecule has 0 unspecified atom stereocenters. The number of rotatable bonds is 5. The third kappa shape index (κ3) is 3.71. The minimum atomic E-state index is -0.0934. The van der Waals surface area contributed by atoms with E-state index in [0.717, 1.165) is 40.3 Å². The van der Waals surface area contributed by atoms with Crippen LogP contribution >= 0.6 is 0 Å². The summed E-state index contributed by atoms with van der Waals surface area (Å²) in [6.45, 7) is 7.48. The number of para-hydroxylation sites is 1. The first-order valence-electron chi connectivity index (χ1n) is 8.65. The van der Waals surface area contributed by atoms with E-state index in [-0.39, 0.29) is 12.8 Å². The van der Waals surface area contributed by atoms with Crippen molar-refractivity contribution in [2.75, 3.05) is 18.7 Å². The molecule has 132 valence electrons. The molecule has 2 amide bonds. The van der Waals surface area contributed by atoms with E-state index in [2.05, 4.69) is 18.3 Å². The van der Waals surface area contributed by atoms with Crippen LogP contribution in [0.15, 0.2) is 36.4 Å². The number of aryl methyl sites for hydroxylation is 2. The average molecular weight is 340 g/mol. The van der Waals surface area contributed by atoms with Crippen LogP contribution < -0.4 is 14.8 Å². The smallest absolute Gasteiger partial charge is 0.322 e. The van der Waals surface area contributed by atoms with Crippen molar-refractivity contribution >= 4 is 11.7 Å². The predicted molar refractivity (Wildman–Crippen MR) is 98.2 cm³/mol. The molecule has 0 spiro atoms. The topological polar surface area (TPSA) is 50.8 Å². The van der Waals surface area contributed by atoms with E-state index in [0.29, 0.717) is 13.1 Å². The van der Waals surface area contributed by atoms with Crippen molar-refractivity contribution in [1.29, 1.82) is 0 Å². The second-order valence-corrected chi connectivity index (χ2v) is 6.09. The Hall–Kier alpha value is -2.69. The molecule has 2 aromatic carbocycles.